The molecular weight excluding hydrogens is 239 g/mol. The van der Waals surface area contributed by atoms with Crippen molar-refractivity contribution >= 4 is 22.9 Å². The van der Waals surface area contributed by atoms with Crippen LogP contribution in [0.4, 0.5) is 0 Å². The van der Waals surface area contributed by atoms with E-state index in [2.05, 4.69) is 31.3 Å². The van der Waals surface area contributed by atoms with Gasteiger partial charge in [-0.05, 0) is 25.3 Å². The second kappa shape index (κ2) is 2.95. The molecule has 0 radical (unpaired) electrons. The SMILES string of the molecule is IN1CCC[C@H]2CNCC21. The summed E-state index contributed by atoms with van der Waals surface area (Å²) >= 11 is 2.47. The fourth-order valence-electron chi connectivity index (χ4n) is 2.01. The highest BCUT2D eigenvalue weighted by Crippen LogP contribution is 2.28. The van der Waals surface area contributed by atoms with Crippen molar-refractivity contribution in [2.75, 3.05) is 19.6 Å². The van der Waals surface area contributed by atoms with Gasteiger partial charge >= 0.3 is 0 Å². The van der Waals surface area contributed by atoms with Gasteiger partial charge in [0.2, 0.25) is 0 Å². The first-order valence-corrected chi connectivity index (χ1v) is 4.97. The summed E-state index contributed by atoms with van der Waals surface area (Å²) in [6.45, 7) is 3.77. The molecule has 58 valence electrons. The van der Waals surface area contributed by atoms with E-state index in [0.717, 1.165) is 12.0 Å². The van der Waals surface area contributed by atoms with Crippen LogP contribution in [0.5, 0.6) is 0 Å². The normalized spacial score (nSPS) is 41.7. The van der Waals surface area contributed by atoms with Gasteiger partial charge < -0.3 is 5.32 Å². The van der Waals surface area contributed by atoms with Crippen LogP contribution in [0.15, 0.2) is 0 Å². The van der Waals surface area contributed by atoms with Gasteiger partial charge in [0.05, 0.1) is 0 Å². The lowest BCUT2D eigenvalue weighted by atomic mass is 9.94. The maximum atomic E-state index is 3.45. The molecule has 0 aromatic carbocycles. The molecule has 2 heterocycles. The molecule has 0 bridgehead atoms. The summed E-state index contributed by atoms with van der Waals surface area (Å²) in [7, 11) is 0. The fraction of sp³-hybridized carbons (Fsp3) is 1.00. The van der Waals surface area contributed by atoms with E-state index in [9.17, 15) is 0 Å². The van der Waals surface area contributed by atoms with E-state index >= 15 is 0 Å². The Balaban J connectivity index is 2.03. The molecule has 0 aromatic heterocycles. The maximum absolute atomic E-state index is 3.45. The molecule has 0 saturated carbocycles. The lowest BCUT2D eigenvalue weighted by molar-refractivity contribution is 0.254. The molecule has 0 aromatic rings. The zero-order valence-electron chi connectivity index (χ0n) is 6.02. The zero-order chi connectivity index (χ0) is 6.97. The van der Waals surface area contributed by atoms with Crippen molar-refractivity contribution in [3.63, 3.8) is 0 Å². The summed E-state index contributed by atoms with van der Waals surface area (Å²) < 4.78 is 2.48. The molecule has 2 fully saturated rings. The minimum Gasteiger partial charge on any atom is -0.315 e. The Kier molecular flexibility index (Phi) is 2.15. The number of rotatable bonds is 0. The highest BCUT2D eigenvalue weighted by atomic mass is 127. The van der Waals surface area contributed by atoms with Gasteiger partial charge in [-0.3, -0.25) is 0 Å². The summed E-state index contributed by atoms with van der Waals surface area (Å²) in [5, 5.41) is 3.45. The molecule has 10 heavy (non-hydrogen) atoms. The minimum atomic E-state index is 0.842. The van der Waals surface area contributed by atoms with E-state index in [1.54, 1.807) is 0 Å². The van der Waals surface area contributed by atoms with Crippen molar-refractivity contribution in [2.24, 2.45) is 5.92 Å². The Labute approximate surface area is 75.8 Å². The largest absolute Gasteiger partial charge is 0.315 e. The van der Waals surface area contributed by atoms with Crippen LogP contribution in [0.1, 0.15) is 12.8 Å². The van der Waals surface area contributed by atoms with Crippen LogP contribution in [-0.4, -0.2) is 28.8 Å². The Hall–Kier alpha value is 0.650. The molecule has 0 amide bonds. The summed E-state index contributed by atoms with van der Waals surface area (Å²) in [6, 6.07) is 0.842. The fourth-order valence-corrected chi connectivity index (χ4v) is 3.00. The summed E-state index contributed by atoms with van der Waals surface area (Å²) in [5.74, 6) is 0.950. The molecule has 2 atom stereocenters. The molecule has 3 heteroatoms. The number of halogens is 1. The van der Waals surface area contributed by atoms with E-state index in [0.29, 0.717) is 0 Å². The summed E-state index contributed by atoms with van der Waals surface area (Å²) in [4.78, 5) is 0. The second-order valence-electron chi connectivity index (χ2n) is 3.25. The lowest BCUT2D eigenvalue weighted by Gasteiger charge is -2.31. The summed E-state index contributed by atoms with van der Waals surface area (Å²) in [6.07, 6.45) is 2.84. The average Bonchev–Trinajstić information content (AvgIpc) is 2.36. The van der Waals surface area contributed by atoms with Gasteiger partial charge in [0.15, 0.2) is 0 Å². The minimum absolute atomic E-state index is 0.842. The molecule has 2 aliphatic heterocycles. The van der Waals surface area contributed by atoms with Crippen LogP contribution < -0.4 is 5.32 Å². The molecule has 2 rings (SSSR count). The highest BCUT2D eigenvalue weighted by Gasteiger charge is 2.33. The number of hydrogen-bond donors (Lipinski definition) is 1. The smallest absolute Gasteiger partial charge is 0.0359 e. The Morgan fingerprint density at radius 1 is 1.40 bits per heavy atom. The molecular formula is C7H13IN2. The first kappa shape index (κ1) is 7.31. The van der Waals surface area contributed by atoms with Gasteiger partial charge in [-0.2, -0.15) is 0 Å². The van der Waals surface area contributed by atoms with Crippen molar-refractivity contribution in [1.29, 1.82) is 0 Å². The van der Waals surface area contributed by atoms with Gasteiger partial charge in [-0.25, -0.2) is 3.11 Å². The monoisotopic (exact) mass is 252 g/mol. The number of fused-ring (bicyclic) bond motifs is 1. The third-order valence-electron chi connectivity index (χ3n) is 2.61. The molecule has 1 unspecified atom stereocenters. The molecule has 2 saturated heterocycles. The highest BCUT2D eigenvalue weighted by molar-refractivity contribution is 14.1. The lowest BCUT2D eigenvalue weighted by Crippen LogP contribution is -2.38. The Morgan fingerprint density at radius 3 is 3.10 bits per heavy atom. The number of nitrogens with one attached hydrogen (secondary N) is 1. The zero-order valence-corrected chi connectivity index (χ0v) is 8.17. The van der Waals surface area contributed by atoms with Crippen LogP contribution in [0, 0.1) is 5.92 Å². The van der Waals surface area contributed by atoms with Gasteiger partial charge in [-0.15, -0.1) is 0 Å². The van der Waals surface area contributed by atoms with Crippen molar-refractivity contribution in [3.8, 4) is 0 Å². The first-order chi connectivity index (χ1) is 4.88. The molecule has 2 nitrogen and oxygen atoms in total. The number of nitrogens with zero attached hydrogens (tertiary/aromatic N) is 1. The van der Waals surface area contributed by atoms with E-state index in [1.165, 1.54) is 32.5 Å². The van der Waals surface area contributed by atoms with E-state index in [1.807, 2.05) is 0 Å². The maximum Gasteiger partial charge on any atom is 0.0359 e. The van der Waals surface area contributed by atoms with Crippen molar-refractivity contribution in [1.82, 2.24) is 8.43 Å². The van der Waals surface area contributed by atoms with Gasteiger partial charge in [0.1, 0.15) is 0 Å². The summed E-state index contributed by atoms with van der Waals surface area (Å²) in [5.41, 5.74) is 0. The van der Waals surface area contributed by atoms with Crippen molar-refractivity contribution < 1.29 is 0 Å². The van der Waals surface area contributed by atoms with Gasteiger partial charge in [0.25, 0.3) is 0 Å². The predicted molar refractivity (Wildman–Crippen MR) is 50.1 cm³/mol. The van der Waals surface area contributed by atoms with Crippen molar-refractivity contribution in [3.05, 3.63) is 0 Å². The third kappa shape index (κ3) is 1.19. The average molecular weight is 252 g/mol. The third-order valence-corrected chi connectivity index (χ3v) is 3.81. The Morgan fingerprint density at radius 2 is 2.30 bits per heavy atom. The molecule has 1 N–H and O–H groups in total. The van der Waals surface area contributed by atoms with Crippen LogP contribution in [-0.2, 0) is 0 Å². The van der Waals surface area contributed by atoms with Gasteiger partial charge in [-0.1, -0.05) is 0 Å². The van der Waals surface area contributed by atoms with Crippen molar-refractivity contribution in [2.45, 2.75) is 18.9 Å². The first-order valence-electron chi connectivity index (χ1n) is 4.01. The van der Waals surface area contributed by atoms with Crippen LogP contribution in [0.3, 0.4) is 0 Å². The van der Waals surface area contributed by atoms with E-state index < -0.39 is 0 Å². The second-order valence-corrected chi connectivity index (χ2v) is 4.49. The number of piperidine rings is 1. The van der Waals surface area contributed by atoms with Crippen LogP contribution in [0.25, 0.3) is 0 Å². The van der Waals surface area contributed by atoms with Gasteiger partial charge in [0, 0.05) is 42.0 Å². The van der Waals surface area contributed by atoms with Crippen LogP contribution >= 0.6 is 22.9 Å². The quantitative estimate of drug-likeness (QED) is 0.511. The molecule has 2 aliphatic rings. The van der Waals surface area contributed by atoms with E-state index in [-0.39, 0.29) is 0 Å². The van der Waals surface area contributed by atoms with Crippen LogP contribution in [0.2, 0.25) is 0 Å². The molecule has 0 aliphatic carbocycles. The van der Waals surface area contributed by atoms with E-state index in [4.69, 9.17) is 0 Å². The number of hydrogen-bond acceptors (Lipinski definition) is 2. The molecule has 0 spiro atoms. The predicted octanol–water partition coefficient (Wildman–Crippen LogP) is 1.02. The topological polar surface area (TPSA) is 15.3 Å². The Bertz CT molecular complexity index is 129. The standard InChI is InChI=1S/C7H13IN2/c8-10-3-1-2-6-4-9-5-7(6)10/h6-7,9H,1-5H2/t6-,7?/m0/s1.